The predicted molar refractivity (Wildman–Crippen MR) is 85.8 cm³/mol. The van der Waals surface area contributed by atoms with E-state index in [4.69, 9.17) is 4.42 Å². The summed E-state index contributed by atoms with van der Waals surface area (Å²) in [6.45, 7) is 7.04. The van der Waals surface area contributed by atoms with Gasteiger partial charge in [-0.15, -0.1) is 0 Å². The van der Waals surface area contributed by atoms with Gasteiger partial charge in [-0.3, -0.25) is 9.69 Å². The Balaban J connectivity index is 1.72. The summed E-state index contributed by atoms with van der Waals surface area (Å²) < 4.78 is 5.86. The zero-order chi connectivity index (χ0) is 14.7. The van der Waals surface area contributed by atoms with Gasteiger partial charge in [-0.25, -0.2) is 0 Å². The Hall–Kier alpha value is -0.940. The van der Waals surface area contributed by atoms with E-state index in [1.807, 2.05) is 22.7 Å². The van der Waals surface area contributed by atoms with E-state index in [1.54, 1.807) is 0 Å². The lowest BCUT2D eigenvalue weighted by Crippen LogP contribution is -2.37. The first-order valence-corrected chi connectivity index (χ1v) is 9.14. The molecule has 116 valence electrons. The Bertz CT molecular complexity index is 488. The van der Waals surface area contributed by atoms with Crippen LogP contribution < -0.4 is 0 Å². The minimum Gasteiger partial charge on any atom is -0.456 e. The maximum absolute atomic E-state index is 12.5. The highest BCUT2D eigenvalue weighted by molar-refractivity contribution is 7.99. The molecule has 0 aromatic carbocycles. The summed E-state index contributed by atoms with van der Waals surface area (Å²) in [5, 5.41) is 0. The van der Waals surface area contributed by atoms with Gasteiger partial charge >= 0.3 is 0 Å². The molecule has 2 saturated heterocycles. The molecule has 1 aromatic heterocycles. The SMILES string of the molecule is CCc1oc(C(=O)N2CCSCC2)cc1CN1CCCC1. The smallest absolute Gasteiger partial charge is 0.289 e. The van der Waals surface area contributed by atoms with Gasteiger partial charge < -0.3 is 9.32 Å². The van der Waals surface area contributed by atoms with Crippen molar-refractivity contribution < 1.29 is 9.21 Å². The summed E-state index contributed by atoms with van der Waals surface area (Å²) in [6.07, 6.45) is 3.43. The number of hydrogen-bond donors (Lipinski definition) is 0. The van der Waals surface area contributed by atoms with Gasteiger partial charge in [0.1, 0.15) is 5.76 Å². The molecular formula is C16H24N2O2S. The van der Waals surface area contributed by atoms with Gasteiger partial charge in [0.15, 0.2) is 5.76 Å². The molecule has 0 saturated carbocycles. The second-order valence-electron chi connectivity index (χ2n) is 5.80. The molecule has 2 fully saturated rings. The zero-order valence-electron chi connectivity index (χ0n) is 12.8. The monoisotopic (exact) mass is 308 g/mol. The number of carbonyl (C=O) groups excluding carboxylic acids is 1. The lowest BCUT2D eigenvalue weighted by Gasteiger charge is -2.25. The van der Waals surface area contributed by atoms with Gasteiger partial charge in [0, 0.05) is 43.1 Å². The Morgan fingerprint density at radius 2 is 1.95 bits per heavy atom. The summed E-state index contributed by atoms with van der Waals surface area (Å²) in [5.74, 6) is 3.66. The fourth-order valence-electron chi connectivity index (χ4n) is 3.11. The summed E-state index contributed by atoms with van der Waals surface area (Å²) in [4.78, 5) is 16.9. The minimum absolute atomic E-state index is 0.0673. The average Bonchev–Trinajstić information content (AvgIpc) is 3.17. The van der Waals surface area contributed by atoms with Crippen molar-refractivity contribution in [2.45, 2.75) is 32.7 Å². The summed E-state index contributed by atoms with van der Waals surface area (Å²) in [6, 6.07) is 1.99. The highest BCUT2D eigenvalue weighted by Crippen LogP contribution is 2.22. The normalized spacial score (nSPS) is 20.1. The zero-order valence-corrected chi connectivity index (χ0v) is 13.6. The van der Waals surface area contributed by atoms with Crippen LogP contribution in [0.2, 0.25) is 0 Å². The number of likely N-dealkylation sites (tertiary alicyclic amines) is 1. The van der Waals surface area contributed by atoms with Crippen LogP contribution in [0.5, 0.6) is 0 Å². The van der Waals surface area contributed by atoms with Crippen LogP contribution >= 0.6 is 11.8 Å². The number of nitrogens with zero attached hydrogens (tertiary/aromatic N) is 2. The molecule has 4 nitrogen and oxygen atoms in total. The van der Waals surface area contributed by atoms with E-state index in [1.165, 1.54) is 31.5 Å². The third-order valence-electron chi connectivity index (χ3n) is 4.32. The molecule has 2 aliphatic rings. The van der Waals surface area contributed by atoms with E-state index in [2.05, 4.69) is 11.8 Å². The van der Waals surface area contributed by atoms with Crippen LogP contribution in [0.25, 0.3) is 0 Å². The molecule has 0 bridgehead atoms. The largest absolute Gasteiger partial charge is 0.456 e. The van der Waals surface area contributed by atoms with Crippen molar-refractivity contribution in [2.24, 2.45) is 0 Å². The molecule has 3 heterocycles. The standard InChI is InChI=1S/C16H24N2O2S/c1-2-14-13(12-17-5-3-4-6-17)11-15(20-14)16(19)18-7-9-21-10-8-18/h11H,2-10,12H2,1H3. The maximum atomic E-state index is 12.5. The summed E-state index contributed by atoms with van der Waals surface area (Å²) in [5.41, 5.74) is 1.20. The fourth-order valence-corrected chi connectivity index (χ4v) is 4.01. The molecule has 0 aliphatic carbocycles. The van der Waals surface area contributed by atoms with Crippen LogP contribution in [0.1, 0.15) is 41.6 Å². The molecule has 5 heteroatoms. The van der Waals surface area contributed by atoms with Crippen LogP contribution in [0.15, 0.2) is 10.5 Å². The minimum atomic E-state index is 0.0673. The van der Waals surface area contributed by atoms with Crippen LogP contribution in [0.4, 0.5) is 0 Å². The van der Waals surface area contributed by atoms with Crippen molar-refractivity contribution in [1.29, 1.82) is 0 Å². The van der Waals surface area contributed by atoms with Crippen LogP contribution in [-0.2, 0) is 13.0 Å². The fraction of sp³-hybridized carbons (Fsp3) is 0.688. The van der Waals surface area contributed by atoms with Crippen molar-refractivity contribution in [2.75, 3.05) is 37.7 Å². The number of amides is 1. The van der Waals surface area contributed by atoms with E-state index in [0.717, 1.165) is 43.3 Å². The lowest BCUT2D eigenvalue weighted by molar-refractivity contribution is 0.0738. The van der Waals surface area contributed by atoms with Gasteiger partial charge in [-0.05, 0) is 32.0 Å². The number of rotatable bonds is 4. The first-order valence-electron chi connectivity index (χ1n) is 7.99. The molecule has 3 rings (SSSR count). The third-order valence-corrected chi connectivity index (χ3v) is 5.26. The van der Waals surface area contributed by atoms with Gasteiger partial charge in [0.2, 0.25) is 0 Å². The molecular weight excluding hydrogens is 284 g/mol. The van der Waals surface area contributed by atoms with Crippen molar-refractivity contribution in [1.82, 2.24) is 9.80 Å². The van der Waals surface area contributed by atoms with Crippen LogP contribution in [-0.4, -0.2) is 53.4 Å². The van der Waals surface area contributed by atoms with E-state index in [-0.39, 0.29) is 5.91 Å². The first kappa shape index (κ1) is 15.0. The second-order valence-corrected chi connectivity index (χ2v) is 7.03. The van der Waals surface area contributed by atoms with E-state index < -0.39 is 0 Å². The predicted octanol–water partition coefficient (Wildman–Crippen LogP) is 2.63. The Labute approximate surface area is 130 Å². The number of furan rings is 1. The molecule has 0 N–H and O–H groups in total. The third kappa shape index (κ3) is 3.46. The quantitative estimate of drug-likeness (QED) is 0.857. The van der Waals surface area contributed by atoms with Gasteiger partial charge in [0.05, 0.1) is 0 Å². The Morgan fingerprint density at radius 3 is 2.62 bits per heavy atom. The molecule has 0 unspecified atom stereocenters. The van der Waals surface area contributed by atoms with Crippen LogP contribution in [0.3, 0.4) is 0 Å². The molecule has 2 aliphatic heterocycles. The average molecular weight is 308 g/mol. The van der Waals surface area contributed by atoms with Crippen LogP contribution in [0, 0.1) is 0 Å². The van der Waals surface area contributed by atoms with E-state index in [0.29, 0.717) is 5.76 Å². The van der Waals surface area contributed by atoms with Gasteiger partial charge in [-0.2, -0.15) is 11.8 Å². The molecule has 1 aromatic rings. The topological polar surface area (TPSA) is 36.7 Å². The molecule has 21 heavy (non-hydrogen) atoms. The molecule has 1 amide bonds. The molecule has 0 radical (unpaired) electrons. The Kier molecular flexibility index (Phi) is 4.91. The maximum Gasteiger partial charge on any atom is 0.289 e. The summed E-state index contributed by atoms with van der Waals surface area (Å²) >= 11 is 1.91. The van der Waals surface area contributed by atoms with Crippen molar-refractivity contribution in [3.05, 3.63) is 23.2 Å². The highest BCUT2D eigenvalue weighted by Gasteiger charge is 2.24. The highest BCUT2D eigenvalue weighted by atomic mass is 32.2. The van der Waals surface area contributed by atoms with Crippen molar-refractivity contribution in [3.63, 3.8) is 0 Å². The lowest BCUT2D eigenvalue weighted by atomic mass is 10.2. The van der Waals surface area contributed by atoms with Gasteiger partial charge in [-0.1, -0.05) is 6.92 Å². The number of carbonyl (C=O) groups is 1. The van der Waals surface area contributed by atoms with E-state index in [9.17, 15) is 4.79 Å². The number of thioether (sulfide) groups is 1. The first-order chi connectivity index (χ1) is 10.3. The van der Waals surface area contributed by atoms with Crippen molar-refractivity contribution >= 4 is 17.7 Å². The Morgan fingerprint density at radius 1 is 1.24 bits per heavy atom. The van der Waals surface area contributed by atoms with Gasteiger partial charge in [0.25, 0.3) is 5.91 Å². The van der Waals surface area contributed by atoms with E-state index >= 15 is 0 Å². The van der Waals surface area contributed by atoms with Crippen molar-refractivity contribution in [3.8, 4) is 0 Å². The number of hydrogen-bond acceptors (Lipinski definition) is 4. The number of aryl methyl sites for hydroxylation is 1. The molecule has 0 atom stereocenters. The second kappa shape index (κ2) is 6.88. The summed E-state index contributed by atoms with van der Waals surface area (Å²) in [7, 11) is 0. The molecule has 0 spiro atoms.